The molecule has 0 fully saturated rings. The Morgan fingerprint density at radius 1 is 1.10 bits per heavy atom. The van der Waals surface area contributed by atoms with Crippen LogP contribution in [0.15, 0.2) is 54.0 Å². The van der Waals surface area contributed by atoms with E-state index in [1.165, 1.54) is 19.2 Å². The van der Waals surface area contributed by atoms with Crippen LogP contribution in [0.2, 0.25) is 0 Å². The first-order chi connectivity index (χ1) is 14.2. The van der Waals surface area contributed by atoms with Crippen molar-refractivity contribution in [2.24, 2.45) is 5.16 Å². The SMILES string of the molecule is CO/C=C(/C(=O)OC)c1ccccc1C(=NOC(C)=O)c1cc(C(F)(F)F)ccn1. The minimum absolute atomic E-state index is 0.0295. The van der Waals surface area contributed by atoms with E-state index in [2.05, 4.69) is 15.0 Å². The van der Waals surface area contributed by atoms with Crippen molar-refractivity contribution in [1.29, 1.82) is 0 Å². The Labute approximate surface area is 169 Å². The fourth-order valence-electron chi connectivity index (χ4n) is 2.45. The third-order valence-corrected chi connectivity index (χ3v) is 3.71. The Hall–Kier alpha value is -3.69. The zero-order valence-corrected chi connectivity index (χ0v) is 16.2. The second-order valence-corrected chi connectivity index (χ2v) is 5.75. The predicted molar refractivity (Wildman–Crippen MR) is 100 cm³/mol. The number of oxime groups is 1. The number of alkyl halides is 3. The van der Waals surface area contributed by atoms with E-state index in [9.17, 15) is 22.8 Å². The molecule has 0 N–H and O–H groups in total. The van der Waals surface area contributed by atoms with Crippen LogP contribution in [0.1, 0.15) is 29.3 Å². The number of methoxy groups -OCH3 is 2. The van der Waals surface area contributed by atoms with Crippen molar-refractivity contribution in [1.82, 2.24) is 4.98 Å². The van der Waals surface area contributed by atoms with E-state index in [1.54, 1.807) is 12.1 Å². The molecule has 0 spiro atoms. The van der Waals surface area contributed by atoms with Gasteiger partial charge in [-0.3, -0.25) is 4.98 Å². The molecule has 0 aliphatic rings. The number of hydrogen-bond acceptors (Lipinski definition) is 7. The number of carbonyl (C=O) groups excluding carboxylic acids is 2. The number of carbonyl (C=O) groups is 2. The van der Waals surface area contributed by atoms with E-state index < -0.39 is 23.7 Å². The van der Waals surface area contributed by atoms with Crippen LogP contribution in [0.25, 0.3) is 5.57 Å². The number of aromatic nitrogens is 1. The van der Waals surface area contributed by atoms with Crippen LogP contribution >= 0.6 is 0 Å². The Morgan fingerprint density at radius 3 is 2.33 bits per heavy atom. The van der Waals surface area contributed by atoms with Crippen molar-refractivity contribution in [3.63, 3.8) is 0 Å². The molecule has 158 valence electrons. The lowest BCUT2D eigenvalue weighted by molar-refractivity contribution is -0.141. The van der Waals surface area contributed by atoms with Gasteiger partial charge in [-0.25, -0.2) is 9.59 Å². The highest BCUT2D eigenvalue weighted by Crippen LogP contribution is 2.30. The molecule has 0 amide bonds. The second kappa shape index (κ2) is 9.68. The van der Waals surface area contributed by atoms with E-state index in [-0.39, 0.29) is 28.1 Å². The van der Waals surface area contributed by atoms with E-state index in [4.69, 9.17) is 9.47 Å². The highest BCUT2D eigenvalue weighted by atomic mass is 19.4. The number of pyridine rings is 1. The molecule has 1 heterocycles. The van der Waals surface area contributed by atoms with Crippen LogP contribution < -0.4 is 0 Å². The maximum atomic E-state index is 13.2. The molecular formula is C20H17F3N2O5. The molecule has 2 aromatic rings. The lowest BCUT2D eigenvalue weighted by Gasteiger charge is -2.14. The van der Waals surface area contributed by atoms with E-state index >= 15 is 0 Å². The summed E-state index contributed by atoms with van der Waals surface area (Å²) in [5.74, 6) is -1.55. The predicted octanol–water partition coefficient (Wildman–Crippen LogP) is 3.58. The summed E-state index contributed by atoms with van der Waals surface area (Å²) in [4.78, 5) is 32.1. The molecule has 0 atom stereocenters. The van der Waals surface area contributed by atoms with Gasteiger partial charge in [0.15, 0.2) is 0 Å². The van der Waals surface area contributed by atoms with Crippen LogP contribution in [-0.2, 0) is 30.1 Å². The maximum absolute atomic E-state index is 13.2. The minimum atomic E-state index is -4.63. The average molecular weight is 422 g/mol. The molecule has 0 saturated carbocycles. The molecule has 0 bridgehead atoms. The highest BCUT2D eigenvalue weighted by Gasteiger charge is 2.31. The first kappa shape index (κ1) is 22.6. The van der Waals surface area contributed by atoms with Gasteiger partial charge in [0, 0.05) is 24.2 Å². The van der Waals surface area contributed by atoms with E-state index in [1.807, 2.05) is 0 Å². The Kier molecular flexibility index (Phi) is 7.29. The molecule has 0 aliphatic heterocycles. The summed E-state index contributed by atoms with van der Waals surface area (Å²) in [7, 11) is 2.48. The van der Waals surface area contributed by atoms with Crippen molar-refractivity contribution >= 4 is 23.2 Å². The summed E-state index contributed by atoms with van der Waals surface area (Å²) >= 11 is 0. The molecular weight excluding hydrogens is 405 g/mol. The first-order valence-corrected chi connectivity index (χ1v) is 8.39. The van der Waals surface area contributed by atoms with Crippen LogP contribution in [0, 0.1) is 0 Å². The van der Waals surface area contributed by atoms with Gasteiger partial charge in [0.25, 0.3) is 0 Å². The van der Waals surface area contributed by atoms with Gasteiger partial charge in [-0.2, -0.15) is 13.2 Å². The summed E-state index contributed by atoms with van der Waals surface area (Å²) in [5.41, 5.74) is -1.03. The summed E-state index contributed by atoms with van der Waals surface area (Å²) in [6, 6.07) is 7.70. The van der Waals surface area contributed by atoms with Gasteiger partial charge in [0.1, 0.15) is 11.3 Å². The standard InChI is InChI=1S/C20H17F3N2O5/c1-12(26)30-25-18(17-10-13(8-9-24-17)20(21,22)23)15-7-5-4-6-14(15)16(11-28-2)19(27)29-3/h4-11H,1-3H3/b16-11+,25-18?. The molecule has 1 aromatic heterocycles. The van der Waals surface area contributed by atoms with Gasteiger partial charge in [0.2, 0.25) is 0 Å². The summed E-state index contributed by atoms with van der Waals surface area (Å²) in [6.45, 7) is 1.08. The van der Waals surface area contributed by atoms with Gasteiger partial charge >= 0.3 is 18.1 Å². The highest BCUT2D eigenvalue weighted by molar-refractivity contribution is 6.22. The molecule has 0 radical (unpaired) electrons. The monoisotopic (exact) mass is 422 g/mol. The van der Waals surface area contributed by atoms with Crippen LogP contribution in [0.4, 0.5) is 13.2 Å². The molecule has 0 saturated heterocycles. The van der Waals surface area contributed by atoms with Crippen LogP contribution in [0.3, 0.4) is 0 Å². The van der Waals surface area contributed by atoms with Crippen molar-refractivity contribution in [3.8, 4) is 0 Å². The van der Waals surface area contributed by atoms with E-state index in [0.717, 1.165) is 38.6 Å². The van der Waals surface area contributed by atoms with Crippen LogP contribution in [0.5, 0.6) is 0 Å². The fraction of sp³-hybridized carbons (Fsp3) is 0.200. The Bertz CT molecular complexity index is 1000. The minimum Gasteiger partial charge on any atom is -0.503 e. The van der Waals surface area contributed by atoms with Gasteiger partial charge in [-0.05, 0) is 12.1 Å². The largest absolute Gasteiger partial charge is 0.503 e. The number of ether oxygens (including phenoxy) is 2. The Morgan fingerprint density at radius 2 is 1.77 bits per heavy atom. The lowest BCUT2D eigenvalue weighted by Crippen LogP contribution is -2.15. The van der Waals surface area contributed by atoms with Crippen LogP contribution in [-0.4, -0.2) is 36.9 Å². The molecule has 2 rings (SSSR count). The number of esters is 1. The molecule has 0 unspecified atom stereocenters. The first-order valence-electron chi connectivity index (χ1n) is 8.39. The number of hydrogen-bond donors (Lipinski definition) is 0. The topological polar surface area (TPSA) is 87.1 Å². The van der Waals surface area contributed by atoms with E-state index in [0.29, 0.717) is 0 Å². The molecule has 1 aromatic carbocycles. The zero-order chi connectivity index (χ0) is 22.3. The number of rotatable bonds is 6. The van der Waals surface area contributed by atoms with Gasteiger partial charge in [-0.15, -0.1) is 0 Å². The third kappa shape index (κ3) is 5.43. The second-order valence-electron chi connectivity index (χ2n) is 5.75. The third-order valence-electron chi connectivity index (χ3n) is 3.71. The number of benzene rings is 1. The fourth-order valence-corrected chi connectivity index (χ4v) is 2.45. The molecule has 10 heteroatoms. The molecule has 30 heavy (non-hydrogen) atoms. The van der Waals surface area contributed by atoms with Gasteiger partial charge in [0.05, 0.1) is 31.7 Å². The normalized spacial score (nSPS) is 12.3. The average Bonchev–Trinajstić information content (AvgIpc) is 2.71. The molecule has 7 nitrogen and oxygen atoms in total. The number of nitrogens with zero attached hydrogens (tertiary/aromatic N) is 2. The Balaban J connectivity index is 2.75. The smallest absolute Gasteiger partial charge is 0.416 e. The van der Waals surface area contributed by atoms with Crippen molar-refractivity contribution in [2.75, 3.05) is 14.2 Å². The zero-order valence-electron chi connectivity index (χ0n) is 16.2. The van der Waals surface area contributed by atoms with Gasteiger partial charge in [-0.1, -0.05) is 29.4 Å². The summed E-state index contributed by atoms with van der Waals surface area (Å²) in [5, 5.41) is 3.69. The summed E-state index contributed by atoms with van der Waals surface area (Å²) in [6.07, 6.45) is -2.55. The quantitative estimate of drug-likeness (QED) is 0.177. The maximum Gasteiger partial charge on any atom is 0.416 e. The summed E-state index contributed by atoms with van der Waals surface area (Å²) < 4.78 is 49.2. The lowest BCUT2D eigenvalue weighted by atomic mass is 9.95. The van der Waals surface area contributed by atoms with Crippen molar-refractivity contribution < 1.29 is 37.1 Å². The van der Waals surface area contributed by atoms with Crippen molar-refractivity contribution in [2.45, 2.75) is 13.1 Å². The number of halogens is 3. The molecule has 0 aliphatic carbocycles. The van der Waals surface area contributed by atoms with Crippen molar-refractivity contribution in [3.05, 3.63) is 71.2 Å². The van der Waals surface area contributed by atoms with Gasteiger partial charge < -0.3 is 14.3 Å².